The monoisotopic (exact) mass is 430 g/mol. The summed E-state index contributed by atoms with van der Waals surface area (Å²) in [5, 5.41) is 0. The van der Waals surface area contributed by atoms with Crippen LogP contribution in [0.15, 0.2) is 53.1 Å². The molecule has 1 aliphatic rings. The largest absolute Gasteiger partial charge is 0.381 e. The Balaban J connectivity index is 1.73. The van der Waals surface area contributed by atoms with Gasteiger partial charge in [-0.15, -0.1) is 0 Å². The van der Waals surface area contributed by atoms with Crippen molar-refractivity contribution in [3.8, 4) is 0 Å². The van der Waals surface area contributed by atoms with Crippen molar-refractivity contribution < 1.29 is 4.74 Å². The molecule has 0 unspecified atom stereocenters. The van der Waals surface area contributed by atoms with Crippen LogP contribution in [0, 0.1) is 5.41 Å². The van der Waals surface area contributed by atoms with E-state index in [0.717, 1.165) is 43.6 Å². The molecular weight excluding hydrogens is 400 g/mol. The van der Waals surface area contributed by atoms with E-state index in [-0.39, 0.29) is 11.0 Å². The molecule has 0 amide bonds. The van der Waals surface area contributed by atoms with E-state index in [1.54, 1.807) is 0 Å². The van der Waals surface area contributed by atoms with Crippen LogP contribution in [0.2, 0.25) is 0 Å². The maximum absolute atomic E-state index is 5.94. The van der Waals surface area contributed by atoms with E-state index in [0.29, 0.717) is 0 Å². The predicted octanol–water partition coefficient (Wildman–Crippen LogP) is 5.44. The van der Waals surface area contributed by atoms with Gasteiger partial charge in [0.05, 0.1) is 6.61 Å². The topological polar surface area (TPSA) is 25.4 Å². The third kappa shape index (κ3) is 4.98. The van der Waals surface area contributed by atoms with E-state index >= 15 is 0 Å². The maximum atomic E-state index is 5.94. The fourth-order valence-corrected chi connectivity index (χ4v) is 4.37. The van der Waals surface area contributed by atoms with E-state index in [1.165, 1.54) is 17.7 Å². The average molecular weight is 431 g/mol. The van der Waals surface area contributed by atoms with E-state index in [1.807, 2.05) is 12.3 Å². The van der Waals surface area contributed by atoms with Crippen LogP contribution in [0.4, 0.5) is 0 Å². The van der Waals surface area contributed by atoms with Gasteiger partial charge < -0.3 is 4.74 Å². The number of nitrogens with zero attached hydrogens (tertiary/aromatic N) is 2. The molecule has 1 aromatic heterocycles. The molecule has 0 saturated carbocycles. The molecule has 0 radical (unpaired) electrons. The summed E-state index contributed by atoms with van der Waals surface area (Å²) in [6, 6.07) is 14.9. The second-order valence-electron chi connectivity index (χ2n) is 8.20. The lowest BCUT2D eigenvalue weighted by molar-refractivity contribution is 0.0384. The summed E-state index contributed by atoms with van der Waals surface area (Å²) in [6.07, 6.45) is 5.21. The van der Waals surface area contributed by atoms with Gasteiger partial charge in [-0.3, -0.25) is 9.88 Å². The molecule has 2 heterocycles. The van der Waals surface area contributed by atoms with Gasteiger partial charge in [0.25, 0.3) is 0 Å². The lowest BCUT2D eigenvalue weighted by Gasteiger charge is -2.38. The minimum atomic E-state index is 0.0136. The number of rotatable bonds is 8. The molecule has 3 rings (SSSR count). The first kappa shape index (κ1) is 20.5. The van der Waals surface area contributed by atoms with E-state index < -0.39 is 0 Å². The number of halogens is 1. The highest BCUT2D eigenvalue weighted by molar-refractivity contribution is 9.10. The minimum absolute atomic E-state index is 0.0136. The van der Waals surface area contributed by atoms with Crippen LogP contribution in [-0.4, -0.2) is 36.2 Å². The highest BCUT2D eigenvalue weighted by Gasteiger charge is 2.43. The van der Waals surface area contributed by atoms with Crippen LogP contribution in [-0.2, 0) is 16.7 Å². The van der Waals surface area contributed by atoms with Crippen LogP contribution in [0.5, 0.6) is 0 Å². The second-order valence-corrected chi connectivity index (χ2v) is 9.11. The van der Waals surface area contributed by atoms with Crippen molar-refractivity contribution in [1.82, 2.24) is 9.88 Å². The molecule has 1 saturated heterocycles. The summed E-state index contributed by atoms with van der Waals surface area (Å²) >= 11 is 3.55. The zero-order valence-electron chi connectivity index (χ0n) is 16.7. The van der Waals surface area contributed by atoms with Gasteiger partial charge >= 0.3 is 0 Å². The van der Waals surface area contributed by atoms with Gasteiger partial charge in [0.2, 0.25) is 0 Å². The van der Waals surface area contributed by atoms with Gasteiger partial charge in [-0.05, 0) is 76.4 Å². The standard InChI is InChI=1S/C23H31BrN2O/c1-4-27-18-23(13-12-21-7-5-6-15-25-21)14-16-26(17-23)22(2,3)19-8-10-20(24)11-9-19/h5-11,15H,4,12-14,16-18H2,1-3H3/t23-/m0/s1. The third-order valence-corrected chi connectivity index (χ3v) is 6.56. The van der Waals surface area contributed by atoms with E-state index in [2.05, 4.69) is 83.0 Å². The van der Waals surface area contributed by atoms with E-state index in [9.17, 15) is 0 Å². The van der Waals surface area contributed by atoms with Crippen LogP contribution < -0.4 is 0 Å². The van der Waals surface area contributed by atoms with Crippen molar-refractivity contribution in [3.63, 3.8) is 0 Å². The molecular formula is C23H31BrN2O. The van der Waals surface area contributed by atoms with Gasteiger partial charge in [-0.2, -0.15) is 0 Å². The summed E-state index contributed by atoms with van der Waals surface area (Å²) in [4.78, 5) is 7.15. The molecule has 0 N–H and O–H groups in total. The lowest BCUT2D eigenvalue weighted by Crippen LogP contribution is -2.42. The lowest BCUT2D eigenvalue weighted by atomic mass is 9.82. The van der Waals surface area contributed by atoms with Crippen LogP contribution in [0.1, 0.15) is 44.9 Å². The first-order valence-corrected chi connectivity index (χ1v) is 10.7. The SMILES string of the molecule is CCOC[C@@]1(CCc2ccccn2)CCN(C(C)(C)c2ccc(Br)cc2)C1. The van der Waals surface area contributed by atoms with Gasteiger partial charge in [0, 0.05) is 40.5 Å². The Hall–Kier alpha value is -1.23. The summed E-state index contributed by atoms with van der Waals surface area (Å²) in [6.45, 7) is 10.6. The van der Waals surface area contributed by atoms with Crippen molar-refractivity contribution in [3.05, 3.63) is 64.4 Å². The van der Waals surface area contributed by atoms with Gasteiger partial charge in [0.1, 0.15) is 0 Å². The van der Waals surface area contributed by atoms with Gasteiger partial charge in [-0.25, -0.2) is 0 Å². The first-order chi connectivity index (χ1) is 13.0. The van der Waals surface area contributed by atoms with Crippen molar-refractivity contribution in [2.24, 2.45) is 5.41 Å². The Bertz CT molecular complexity index is 717. The number of ether oxygens (including phenoxy) is 1. The molecule has 1 fully saturated rings. The molecule has 3 nitrogen and oxygen atoms in total. The molecule has 27 heavy (non-hydrogen) atoms. The van der Waals surface area contributed by atoms with Crippen molar-refractivity contribution in [1.29, 1.82) is 0 Å². The minimum Gasteiger partial charge on any atom is -0.381 e. The number of hydrogen-bond acceptors (Lipinski definition) is 3. The smallest absolute Gasteiger partial charge is 0.0535 e. The summed E-state index contributed by atoms with van der Waals surface area (Å²) in [5.74, 6) is 0. The predicted molar refractivity (Wildman–Crippen MR) is 115 cm³/mol. The number of aryl methyl sites for hydroxylation is 1. The molecule has 1 atom stereocenters. The molecule has 146 valence electrons. The molecule has 1 aromatic carbocycles. The zero-order valence-corrected chi connectivity index (χ0v) is 18.3. The summed E-state index contributed by atoms with van der Waals surface area (Å²) in [7, 11) is 0. The Labute approximate surface area is 172 Å². The molecule has 0 spiro atoms. The average Bonchev–Trinajstić information content (AvgIpc) is 3.12. The Morgan fingerprint density at radius 3 is 2.63 bits per heavy atom. The molecule has 0 aliphatic carbocycles. The number of aromatic nitrogens is 1. The Kier molecular flexibility index (Phi) is 6.72. The van der Waals surface area contributed by atoms with Crippen molar-refractivity contribution in [2.45, 2.75) is 45.6 Å². The first-order valence-electron chi connectivity index (χ1n) is 9.94. The van der Waals surface area contributed by atoms with Crippen molar-refractivity contribution in [2.75, 3.05) is 26.3 Å². The third-order valence-electron chi connectivity index (χ3n) is 6.03. The fraction of sp³-hybridized carbons (Fsp3) is 0.522. The number of pyridine rings is 1. The molecule has 0 bridgehead atoms. The van der Waals surface area contributed by atoms with Crippen LogP contribution in [0.25, 0.3) is 0 Å². The highest BCUT2D eigenvalue weighted by Crippen LogP contribution is 2.41. The summed E-state index contributed by atoms with van der Waals surface area (Å²) < 4.78 is 7.07. The van der Waals surface area contributed by atoms with Gasteiger partial charge in [0.15, 0.2) is 0 Å². The normalized spacial score (nSPS) is 20.9. The fourth-order valence-electron chi connectivity index (χ4n) is 4.10. The number of benzene rings is 1. The molecule has 1 aliphatic heterocycles. The quantitative estimate of drug-likeness (QED) is 0.557. The molecule has 2 aromatic rings. The van der Waals surface area contributed by atoms with Gasteiger partial charge in [-0.1, -0.05) is 34.1 Å². The second kappa shape index (κ2) is 8.85. The maximum Gasteiger partial charge on any atom is 0.0535 e. The van der Waals surface area contributed by atoms with E-state index in [4.69, 9.17) is 4.74 Å². The number of likely N-dealkylation sites (tertiary alicyclic amines) is 1. The zero-order chi connectivity index (χ0) is 19.3. The van der Waals surface area contributed by atoms with Crippen LogP contribution >= 0.6 is 15.9 Å². The van der Waals surface area contributed by atoms with Crippen molar-refractivity contribution >= 4 is 15.9 Å². The van der Waals surface area contributed by atoms with Crippen LogP contribution in [0.3, 0.4) is 0 Å². The molecule has 4 heteroatoms. The number of hydrogen-bond donors (Lipinski definition) is 0. The Morgan fingerprint density at radius 1 is 1.19 bits per heavy atom. The Morgan fingerprint density at radius 2 is 1.96 bits per heavy atom. The highest BCUT2D eigenvalue weighted by atomic mass is 79.9. The summed E-state index contributed by atoms with van der Waals surface area (Å²) in [5.41, 5.74) is 2.77.